The molecule has 15 heavy (non-hydrogen) atoms. The van der Waals surface area contributed by atoms with Crippen molar-refractivity contribution >= 4 is 5.97 Å². The summed E-state index contributed by atoms with van der Waals surface area (Å²) >= 11 is 0. The summed E-state index contributed by atoms with van der Waals surface area (Å²) in [7, 11) is 0. The molecule has 0 aliphatic heterocycles. The van der Waals surface area contributed by atoms with Crippen molar-refractivity contribution in [2.45, 2.75) is 32.7 Å². The minimum Gasteiger partial charge on any atom is -0.466 e. The average Bonchev–Trinajstić information content (AvgIpc) is 2.63. The van der Waals surface area contributed by atoms with Gasteiger partial charge >= 0.3 is 5.97 Å². The number of carbonyl (C=O) groups is 1. The fourth-order valence-corrected chi connectivity index (χ4v) is 0.997. The van der Waals surface area contributed by atoms with Gasteiger partial charge in [0, 0.05) is 6.42 Å². The minimum atomic E-state index is -0.266. The van der Waals surface area contributed by atoms with Crippen LogP contribution in [0.5, 0.6) is 0 Å². The molecule has 1 atom stereocenters. The molecule has 1 heterocycles. The van der Waals surface area contributed by atoms with Crippen molar-refractivity contribution < 1.29 is 14.1 Å². The van der Waals surface area contributed by atoms with Crippen molar-refractivity contribution in [1.82, 2.24) is 10.1 Å². The first-order valence-electron chi connectivity index (χ1n) is 4.87. The third-order valence-electron chi connectivity index (χ3n) is 1.74. The molecule has 0 aromatic carbocycles. The Kier molecular flexibility index (Phi) is 4.23. The molecule has 84 valence electrons. The van der Waals surface area contributed by atoms with Gasteiger partial charge in [-0.1, -0.05) is 5.16 Å². The zero-order chi connectivity index (χ0) is 11.3. The summed E-state index contributed by atoms with van der Waals surface area (Å²) in [6, 6.07) is -0.259. The van der Waals surface area contributed by atoms with E-state index in [-0.39, 0.29) is 18.4 Å². The lowest BCUT2D eigenvalue weighted by Crippen LogP contribution is -2.07. The van der Waals surface area contributed by atoms with Crippen LogP contribution in [0.1, 0.15) is 38.0 Å². The van der Waals surface area contributed by atoms with E-state index in [1.165, 1.54) is 0 Å². The Labute approximate surface area is 87.8 Å². The predicted octanol–water partition coefficient (Wildman–Crippen LogP) is 0.585. The number of nitrogens with two attached hydrogens (primary N) is 1. The van der Waals surface area contributed by atoms with E-state index < -0.39 is 0 Å². The van der Waals surface area contributed by atoms with Crippen molar-refractivity contribution in [2.75, 3.05) is 6.61 Å². The maximum absolute atomic E-state index is 11.0. The number of rotatable bonds is 5. The number of ether oxygens (including phenoxy) is 1. The zero-order valence-electron chi connectivity index (χ0n) is 8.90. The van der Waals surface area contributed by atoms with E-state index in [1.807, 2.05) is 0 Å². The summed E-state index contributed by atoms with van der Waals surface area (Å²) in [4.78, 5) is 15.1. The molecule has 0 aliphatic carbocycles. The lowest BCUT2D eigenvalue weighted by Gasteiger charge is -1.98. The Morgan fingerprint density at radius 1 is 1.67 bits per heavy atom. The summed E-state index contributed by atoms with van der Waals surface area (Å²) in [5.41, 5.74) is 5.55. The van der Waals surface area contributed by atoms with Crippen molar-refractivity contribution in [3.63, 3.8) is 0 Å². The Hall–Kier alpha value is -1.43. The molecule has 0 saturated carbocycles. The van der Waals surface area contributed by atoms with Crippen molar-refractivity contribution in [1.29, 1.82) is 0 Å². The van der Waals surface area contributed by atoms with Crippen LogP contribution in [0.2, 0.25) is 0 Å². The number of aromatic nitrogens is 2. The second kappa shape index (κ2) is 5.45. The lowest BCUT2D eigenvalue weighted by molar-refractivity contribution is -0.143. The van der Waals surface area contributed by atoms with Gasteiger partial charge in [0.05, 0.1) is 19.1 Å². The fraction of sp³-hybridized carbons (Fsp3) is 0.667. The first kappa shape index (κ1) is 11.6. The first-order valence-corrected chi connectivity index (χ1v) is 4.87. The number of carbonyl (C=O) groups excluding carboxylic acids is 1. The fourth-order valence-electron chi connectivity index (χ4n) is 0.997. The maximum Gasteiger partial charge on any atom is 0.306 e. The third-order valence-corrected chi connectivity index (χ3v) is 1.74. The van der Waals surface area contributed by atoms with Gasteiger partial charge in [0.15, 0.2) is 5.82 Å². The number of aryl methyl sites for hydroxylation is 1. The van der Waals surface area contributed by atoms with Crippen LogP contribution in [0.3, 0.4) is 0 Å². The van der Waals surface area contributed by atoms with Gasteiger partial charge in [-0.15, -0.1) is 0 Å². The number of nitrogens with zero attached hydrogens (tertiary/aromatic N) is 2. The van der Waals surface area contributed by atoms with Gasteiger partial charge in [0.2, 0.25) is 5.89 Å². The number of hydrogen-bond donors (Lipinski definition) is 1. The SMILES string of the molecule is CCOC(=O)CCc1nc([C@H](C)N)no1. The number of esters is 1. The monoisotopic (exact) mass is 213 g/mol. The second-order valence-electron chi connectivity index (χ2n) is 3.14. The van der Waals surface area contributed by atoms with Crippen LogP contribution >= 0.6 is 0 Å². The summed E-state index contributed by atoms with van der Waals surface area (Å²) in [6.45, 7) is 3.91. The topological polar surface area (TPSA) is 91.2 Å². The molecule has 0 bridgehead atoms. The van der Waals surface area contributed by atoms with Crippen molar-refractivity contribution in [3.05, 3.63) is 11.7 Å². The molecule has 0 unspecified atom stereocenters. The first-order chi connectivity index (χ1) is 7.13. The minimum absolute atomic E-state index is 0.244. The molecule has 2 N–H and O–H groups in total. The van der Waals surface area contributed by atoms with E-state index in [1.54, 1.807) is 13.8 Å². The standard InChI is InChI=1S/C9H15N3O3/c1-3-14-8(13)5-4-7-11-9(6(2)10)12-15-7/h6H,3-5,10H2,1-2H3/t6-/m0/s1. The van der Waals surface area contributed by atoms with Gasteiger partial charge in [0.25, 0.3) is 0 Å². The summed E-state index contributed by atoms with van der Waals surface area (Å²) < 4.78 is 9.67. The molecule has 1 aromatic rings. The molecule has 0 spiro atoms. The van der Waals surface area contributed by atoms with E-state index in [0.29, 0.717) is 24.7 Å². The van der Waals surface area contributed by atoms with E-state index >= 15 is 0 Å². The molecule has 0 aliphatic rings. The molecule has 1 rings (SSSR count). The van der Waals surface area contributed by atoms with Crippen LogP contribution in [-0.2, 0) is 16.0 Å². The highest BCUT2D eigenvalue weighted by Crippen LogP contribution is 2.06. The van der Waals surface area contributed by atoms with E-state index in [2.05, 4.69) is 10.1 Å². The molecule has 0 amide bonds. The lowest BCUT2D eigenvalue weighted by atomic mass is 10.3. The molecular weight excluding hydrogens is 198 g/mol. The summed E-state index contributed by atoms with van der Waals surface area (Å²) in [5, 5.41) is 3.68. The second-order valence-corrected chi connectivity index (χ2v) is 3.14. The molecular formula is C9H15N3O3. The van der Waals surface area contributed by atoms with Gasteiger partial charge in [-0.25, -0.2) is 0 Å². The smallest absolute Gasteiger partial charge is 0.306 e. The van der Waals surface area contributed by atoms with Crippen molar-refractivity contribution in [2.24, 2.45) is 5.73 Å². The van der Waals surface area contributed by atoms with Crippen LogP contribution in [0.25, 0.3) is 0 Å². The van der Waals surface area contributed by atoms with Gasteiger partial charge in [-0.2, -0.15) is 4.98 Å². The highest BCUT2D eigenvalue weighted by molar-refractivity contribution is 5.69. The Balaban J connectivity index is 2.41. The van der Waals surface area contributed by atoms with Crippen LogP contribution < -0.4 is 5.73 Å². The van der Waals surface area contributed by atoms with Gasteiger partial charge in [-0.3, -0.25) is 4.79 Å². The highest BCUT2D eigenvalue weighted by atomic mass is 16.5. The van der Waals surface area contributed by atoms with E-state index in [4.69, 9.17) is 15.0 Å². The zero-order valence-corrected chi connectivity index (χ0v) is 8.90. The Morgan fingerprint density at radius 3 is 2.93 bits per heavy atom. The molecule has 6 heteroatoms. The Bertz CT molecular complexity index is 322. The molecule has 6 nitrogen and oxygen atoms in total. The van der Waals surface area contributed by atoms with E-state index in [9.17, 15) is 4.79 Å². The molecule has 0 radical (unpaired) electrons. The van der Waals surface area contributed by atoms with Gasteiger partial charge in [0.1, 0.15) is 0 Å². The van der Waals surface area contributed by atoms with E-state index in [0.717, 1.165) is 0 Å². The average molecular weight is 213 g/mol. The summed E-state index contributed by atoms with van der Waals surface area (Å²) in [5.74, 6) is 0.599. The van der Waals surface area contributed by atoms with Crippen LogP contribution in [-0.4, -0.2) is 22.7 Å². The van der Waals surface area contributed by atoms with Gasteiger partial charge < -0.3 is 15.0 Å². The predicted molar refractivity (Wildman–Crippen MR) is 51.9 cm³/mol. The van der Waals surface area contributed by atoms with Gasteiger partial charge in [-0.05, 0) is 13.8 Å². The van der Waals surface area contributed by atoms with Crippen molar-refractivity contribution in [3.8, 4) is 0 Å². The maximum atomic E-state index is 11.0. The molecule has 0 saturated heterocycles. The highest BCUT2D eigenvalue weighted by Gasteiger charge is 2.11. The van der Waals surface area contributed by atoms with Crippen LogP contribution in [0, 0.1) is 0 Å². The number of hydrogen-bond acceptors (Lipinski definition) is 6. The largest absolute Gasteiger partial charge is 0.466 e. The van der Waals surface area contributed by atoms with Crippen LogP contribution in [0.15, 0.2) is 4.52 Å². The Morgan fingerprint density at radius 2 is 2.40 bits per heavy atom. The van der Waals surface area contributed by atoms with Crippen LogP contribution in [0.4, 0.5) is 0 Å². The normalized spacial score (nSPS) is 12.5. The third kappa shape index (κ3) is 3.67. The molecule has 1 aromatic heterocycles. The quantitative estimate of drug-likeness (QED) is 0.719. The molecule has 0 fully saturated rings. The summed E-state index contributed by atoms with van der Waals surface area (Å²) in [6.07, 6.45) is 0.632.